The lowest BCUT2D eigenvalue weighted by Gasteiger charge is -2.15. The van der Waals surface area contributed by atoms with E-state index in [2.05, 4.69) is 10.6 Å². The average Bonchev–Trinajstić information content (AvgIpc) is 3.17. The normalized spacial score (nSPS) is 13.5. The Morgan fingerprint density at radius 3 is 2.35 bits per heavy atom. The molecular weight excluding hydrogens is 326 g/mol. The molecule has 0 aromatic heterocycles. The molecule has 0 radical (unpaired) electrons. The Bertz CT molecular complexity index is 793. The first kappa shape index (κ1) is 18.0. The van der Waals surface area contributed by atoms with Crippen LogP contribution >= 0.6 is 0 Å². The number of nitrogens with one attached hydrogen (secondary N) is 2. The molecule has 0 saturated carbocycles. The molecule has 2 aromatic rings. The fourth-order valence-corrected chi connectivity index (χ4v) is 3.16. The highest BCUT2D eigenvalue weighted by Gasteiger charge is 2.19. The van der Waals surface area contributed by atoms with E-state index < -0.39 is 0 Å². The van der Waals surface area contributed by atoms with Crippen molar-refractivity contribution in [2.45, 2.75) is 26.7 Å². The summed E-state index contributed by atoms with van der Waals surface area (Å²) < 4.78 is 0. The van der Waals surface area contributed by atoms with E-state index in [4.69, 9.17) is 0 Å². The largest absolute Gasteiger partial charge is 0.376 e. The Kier molecular flexibility index (Phi) is 5.56. The van der Waals surface area contributed by atoms with Crippen LogP contribution in [0.3, 0.4) is 0 Å². The molecule has 26 heavy (non-hydrogen) atoms. The van der Waals surface area contributed by atoms with E-state index >= 15 is 0 Å². The molecule has 0 spiro atoms. The quantitative estimate of drug-likeness (QED) is 0.865. The van der Waals surface area contributed by atoms with Gasteiger partial charge in [0.2, 0.25) is 5.91 Å². The lowest BCUT2D eigenvalue weighted by Crippen LogP contribution is -2.27. The number of likely N-dealkylation sites (tertiary alicyclic amines) is 1. The van der Waals surface area contributed by atoms with E-state index in [0.29, 0.717) is 5.56 Å². The third-order valence-corrected chi connectivity index (χ3v) is 4.63. The molecule has 136 valence electrons. The number of carbonyl (C=O) groups is 2. The summed E-state index contributed by atoms with van der Waals surface area (Å²) >= 11 is 0. The number of carbonyl (C=O) groups excluding carboxylic acids is 2. The van der Waals surface area contributed by atoms with Crippen molar-refractivity contribution in [1.29, 1.82) is 0 Å². The minimum atomic E-state index is -0.103. The molecule has 3 rings (SSSR count). The van der Waals surface area contributed by atoms with Crippen molar-refractivity contribution in [1.82, 2.24) is 4.90 Å². The molecule has 1 aliphatic heterocycles. The van der Waals surface area contributed by atoms with Gasteiger partial charge in [-0.2, -0.15) is 0 Å². The van der Waals surface area contributed by atoms with Crippen molar-refractivity contribution in [3.8, 4) is 0 Å². The molecule has 1 heterocycles. The van der Waals surface area contributed by atoms with Gasteiger partial charge in [-0.3, -0.25) is 9.59 Å². The van der Waals surface area contributed by atoms with Crippen LogP contribution in [0.4, 0.5) is 11.4 Å². The van der Waals surface area contributed by atoms with Gasteiger partial charge in [-0.25, -0.2) is 0 Å². The molecule has 0 atom stereocenters. The van der Waals surface area contributed by atoms with Crippen molar-refractivity contribution in [2.75, 3.05) is 30.3 Å². The van der Waals surface area contributed by atoms with Crippen molar-refractivity contribution >= 4 is 23.2 Å². The van der Waals surface area contributed by atoms with Gasteiger partial charge >= 0.3 is 0 Å². The van der Waals surface area contributed by atoms with Crippen molar-refractivity contribution in [2.24, 2.45) is 0 Å². The Morgan fingerprint density at radius 2 is 1.69 bits per heavy atom. The molecule has 0 unspecified atom stereocenters. The van der Waals surface area contributed by atoms with Gasteiger partial charge in [0.15, 0.2) is 0 Å². The third-order valence-electron chi connectivity index (χ3n) is 4.63. The van der Waals surface area contributed by atoms with Gasteiger partial charge in [-0.05, 0) is 62.6 Å². The fraction of sp³-hybridized carbons (Fsp3) is 0.333. The first-order chi connectivity index (χ1) is 12.5. The highest BCUT2D eigenvalue weighted by atomic mass is 16.2. The number of benzene rings is 2. The van der Waals surface area contributed by atoms with E-state index in [0.717, 1.165) is 42.9 Å². The lowest BCUT2D eigenvalue weighted by atomic mass is 10.1. The molecule has 1 saturated heterocycles. The maximum Gasteiger partial charge on any atom is 0.253 e. The molecule has 0 bridgehead atoms. The van der Waals surface area contributed by atoms with Crippen LogP contribution in [0.5, 0.6) is 0 Å². The van der Waals surface area contributed by atoms with Gasteiger partial charge in [-0.15, -0.1) is 0 Å². The fourth-order valence-electron chi connectivity index (χ4n) is 3.16. The second kappa shape index (κ2) is 8.04. The van der Waals surface area contributed by atoms with Crippen LogP contribution in [0, 0.1) is 13.8 Å². The second-order valence-electron chi connectivity index (χ2n) is 6.80. The van der Waals surface area contributed by atoms with E-state index in [1.807, 2.05) is 61.2 Å². The maximum absolute atomic E-state index is 12.3. The summed E-state index contributed by atoms with van der Waals surface area (Å²) in [7, 11) is 0. The minimum absolute atomic E-state index is 0.0849. The third kappa shape index (κ3) is 4.42. The van der Waals surface area contributed by atoms with E-state index in [-0.39, 0.29) is 18.4 Å². The molecule has 2 amide bonds. The summed E-state index contributed by atoms with van der Waals surface area (Å²) in [6.07, 6.45) is 2.17. The Balaban J connectivity index is 1.52. The molecule has 2 N–H and O–H groups in total. The van der Waals surface area contributed by atoms with Crippen molar-refractivity contribution < 1.29 is 9.59 Å². The van der Waals surface area contributed by atoms with Gasteiger partial charge in [0, 0.05) is 30.0 Å². The highest BCUT2D eigenvalue weighted by molar-refractivity contribution is 5.95. The number of rotatable bonds is 5. The van der Waals surface area contributed by atoms with Crippen LogP contribution in [0.1, 0.15) is 34.3 Å². The Hall–Kier alpha value is -2.82. The van der Waals surface area contributed by atoms with E-state index in [1.54, 1.807) is 0 Å². The lowest BCUT2D eigenvalue weighted by molar-refractivity contribution is -0.114. The summed E-state index contributed by atoms with van der Waals surface area (Å²) in [5, 5.41) is 6.01. The molecule has 2 aromatic carbocycles. The number of nitrogens with zero attached hydrogens (tertiary/aromatic N) is 1. The molecule has 1 aliphatic rings. The first-order valence-corrected chi connectivity index (χ1v) is 9.03. The van der Waals surface area contributed by atoms with Gasteiger partial charge in [0.25, 0.3) is 5.91 Å². The predicted molar refractivity (Wildman–Crippen MR) is 105 cm³/mol. The molecular formula is C21H25N3O2. The van der Waals surface area contributed by atoms with Crippen LogP contribution in [0.15, 0.2) is 42.5 Å². The number of aryl methyl sites for hydroxylation is 2. The maximum atomic E-state index is 12.3. The van der Waals surface area contributed by atoms with E-state index in [9.17, 15) is 9.59 Å². The van der Waals surface area contributed by atoms with Crippen LogP contribution in [0.25, 0.3) is 0 Å². The summed E-state index contributed by atoms with van der Waals surface area (Å²) in [6.45, 7) is 5.87. The smallest absolute Gasteiger partial charge is 0.253 e. The van der Waals surface area contributed by atoms with Gasteiger partial charge in [0.1, 0.15) is 0 Å². The van der Waals surface area contributed by atoms with Crippen molar-refractivity contribution in [3.05, 3.63) is 59.2 Å². The van der Waals surface area contributed by atoms with Crippen molar-refractivity contribution in [3.63, 3.8) is 0 Å². The number of hydrogen-bond donors (Lipinski definition) is 2. The monoisotopic (exact) mass is 351 g/mol. The predicted octanol–water partition coefficient (Wildman–Crippen LogP) is 3.59. The van der Waals surface area contributed by atoms with Crippen LogP contribution in [-0.2, 0) is 4.79 Å². The number of anilines is 2. The van der Waals surface area contributed by atoms with Crippen LogP contribution < -0.4 is 10.6 Å². The number of amides is 2. The summed E-state index contributed by atoms with van der Waals surface area (Å²) in [5.41, 5.74) is 4.55. The zero-order chi connectivity index (χ0) is 18.5. The second-order valence-corrected chi connectivity index (χ2v) is 6.80. The Labute approximate surface area is 154 Å². The van der Waals surface area contributed by atoms with Crippen LogP contribution in [0.2, 0.25) is 0 Å². The van der Waals surface area contributed by atoms with Gasteiger partial charge in [0.05, 0.1) is 6.54 Å². The summed E-state index contributed by atoms with van der Waals surface area (Å²) in [6, 6.07) is 13.2. The zero-order valence-corrected chi connectivity index (χ0v) is 15.3. The van der Waals surface area contributed by atoms with Crippen LogP contribution in [-0.4, -0.2) is 36.3 Å². The summed E-state index contributed by atoms with van der Waals surface area (Å²) in [4.78, 5) is 26.4. The molecule has 5 heteroatoms. The van der Waals surface area contributed by atoms with Gasteiger partial charge < -0.3 is 15.5 Å². The topological polar surface area (TPSA) is 61.4 Å². The zero-order valence-electron chi connectivity index (χ0n) is 15.3. The summed E-state index contributed by atoms with van der Waals surface area (Å²) in [5.74, 6) is -0.0178. The molecule has 1 fully saturated rings. The Morgan fingerprint density at radius 1 is 1.00 bits per heavy atom. The average molecular weight is 351 g/mol. The van der Waals surface area contributed by atoms with E-state index in [1.165, 1.54) is 5.56 Å². The van der Waals surface area contributed by atoms with Gasteiger partial charge in [-0.1, -0.05) is 17.7 Å². The minimum Gasteiger partial charge on any atom is -0.376 e. The standard InChI is InChI=1S/C21H25N3O2/c1-15-5-10-19(16(2)13-15)23-20(25)14-22-18-8-6-17(7-9-18)21(26)24-11-3-4-12-24/h5-10,13,22H,3-4,11-12,14H2,1-2H3,(H,23,25). The molecule has 0 aliphatic carbocycles. The number of hydrogen-bond acceptors (Lipinski definition) is 3. The SMILES string of the molecule is Cc1ccc(NC(=O)CNc2ccc(C(=O)N3CCCC3)cc2)c(C)c1. The highest BCUT2D eigenvalue weighted by Crippen LogP contribution is 2.17. The first-order valence-electron chi connectivity index (χ1n) is 9.03. The molecule has 5 nitrogen and oxygen atoms in total.